The summed E-state index contributed by atoms with van der Waals surface area (Å²) >= 11 is 0. The molecule has 0 unspecified atom stereocenters. The number of benzene rings is 3. The van der Waals surface area contributed by atoms with Crippen molar-refractivity contribution < 1.29 is 27.7 Å². The van der Waals surface area contributed by atoms with Gasteiger partial charge in [-0.2, -0.15) is 0 Å². The van der Waals surface area contributed by atoms with Crippen LogP contribution in [0.3, 0.4) is 0 Å². The number of amides is 1. The van der Waals surface area contributed by atoms with Crippen molar-refractivity contribution in [2.24, 2.45) is 10.6 Å². The van der Waals surface area contributed by atoms with Gasteiger partial charge in [-0.1, -0.05) is 48.4 Å². The highest BCUT2D eigenvalue weighted by Gasteiger charge is 2.36. The lowest BCUT2D eigenvalue weighted by molar-refractivity contribution is 0.0513. The first-order chi connectivity index (χ1) is 18.2. The molecule has 7 nitrogen and oxygen atoms in total. The quantitative estimate of drug-likeness (QED) is 0.245. The van der Waals surface area contributed by atoms with Gasteiger partial charge in [0.15, 0.2) is 0 Å². The summed E-state index contributed by atoms with van der Waals surface area (Å²) in [5.41, 5.74) is 2.37. The predicted molar refractivity (Wildman–Crippen MR) is 137 cm³/mol. The van der Waals surface area contributed by atoms with E-state index in [2.05, 4.69) is 15.6 Å². The number of halogens is 2. The van der Waals surface area contributed by atoms with E-state index in [0.29, 0.717) is 46.8 Å². The summed E-state index contributed by atoms with van der Waals surface area (Å²) in [5.74, 6) is -1.63. The molecule has 0 atom stereocenters. The van der Waals surface area contributed by atoms with Gasteiger partial charge in [-0.25, -0.2) is 13.6 Å². The maximum Gasteiger partial charge on any atom is 0.365 e. The van der Waals surface area contributed by atoms with E-state index >= 15 is 0 Å². The molecule has 1 aliphatic rings. The molecule has 0 aliphatic heterocycles. The molecule has 9 heteroatoms. The number of fused-ring (bicyclic) bond motifs is 1. The average Bonchev–Trinajstić information content (AvgIpc) is 3.30. The molecular weight excluding hydrogens is 492 g/mol. The normalized spacial score (nSPS) is 15.1. The van der Waals surface area contributed by atoms with Gasteiger partial charge in [-0.15, -0.1) is 0 Å². The van der Waals surface area contributed by atoms with Gasteiger partial charge < -0.3 is 14.7 Å². The van der Waals surface area contributed by atoms with Gasteiger partial charge in [0.05, 0.1) is 16.8 Å². The smallest absolute Gasteiger partial charge is 0.360 e. The molecule has 0 fully saturated rings. The molecule has 5 rings (SSSR count). The van der Waals surface area contributed by atoms with Crippen molar-refractivity contribution in [2.75, 3.05) is 5.32 Å². The number of aromatic nitrogens is 1. The molecule has 0 spiro atoms. The molecule has 1 N–H and O–H groups in total. The minimum absolute atomic E-state index is 0.142. The highest BCUT2D eigenvalue weighted by atomic mass is 19.1. The molecule has 0 saturated heterocycles. The zero-order chi connectivity index (χ0) is 26.9. The number of hydrogen-bond acceptors (Lipinski definition) is 6. The van der Waals surface area contributed by atoms with Gasteiger partial charge in [0.1, 0.15) is 23.1 Å². The Hall–Kier alpha value is -4.66. The predicted octanol–water partition coefficient (Wildman–Crippen LogP) is 6.41. The van der Waals surface area contributed by atoms with Crippen LogP contribution < -0.4 is 5.32 Å². The van der Waals surface area contributed by atoms with E-state index in [4.69, 9.17) is 9.36 Å². The number of anilines is 1. The van der Waals surface area contributed by atoms with E-state index in [1.54, 1.807) is 24.3 Å². The Labute approximate surface area is 217 Å². The number of nitrogens with zero attached hydrogens (tertiary/aromatic N) is 2. The van der Waals surface area contributed by atoms with Gasteiger partial charge in [0.25, 0.3) is 5.91 Å². The Kier molecular flexibility index (Phi) is 6.59. The van der Waals surface area contributed by atoms with Crippen molar-refractivity contribution in [3.8, 4) is 11.3 Å². The van der Waals surface area contributed by atoms with Crippen molar-refractivity contribution in [1.29, 1.82) is 0 Å². The van der Waals surface area contributed by atoms with Crippen molar-refractivity contribution in [3.05, 3.63) is 107 Å². The van der Waals surface area contributed by atoms with Crippen LogP contribution >= 0.6 is 0 Å². The summed E-state index contributed by atoms with van der Waals surface area (Å²) in [7, 11) is 0. The summed E-state index contributed by atoms with van der Waals surface area (Å²) in [6.07, 6.45) is 1.06. The molecule has 1 aliphatic carbocycles. The third-order valence-electron chi connectivity index (χ3n) is 6.12. The summed E-state index contributed by atoms with van der Waals surface area (Å²) < 4.78 is 32.9. The van der Waals surface area contributed by atoms with Crippen LogP contribution in [-0.4, -0.2) is 22.7 Å². The molecule has 1 heterocycles. The summed E-state index contributed by atoms with van der Waals surface area (Å²) in [5, 5.41) is 11.0. The van der Waals surface area contributed by atoms with Gasteiger partial charge in [0.2, 0.25) is 0 Å². The maximum absolute atomic E-state index is 13.9. The molecule has 3 aromatic carbocycles. The van der Waals surface area contributed by atoms with Crippen LogP contribution in [0.5, 0.6) is 0 Å². The Morgan fingerprint density at radius 1 is 0.947 bits per heavy atom. The van der Waals surface area contributed by atoms with Gasteiger partial charge in [-0.3, -0.25) is 4.79 Å². The van der Waals surface area contributed by atoms with E-state index in [1.807, 2.05) is 13.8 Å². The topological polar surface area (TPSA) is 93.8 Å². The highest BCUT2D eigenvalue weighted by Crippen LogP contribution is 2.39. The standard InChI is InChI=1S/C29H23F2N3O4/c1-29(2)15-23(25-24(16-29)37-34-26(25)17-6-3-9-20(30)12-17)33-38-28(36)19-8-5-11-22(14-19)32-27(35)18-7-4-10-21(31)13-18/h3-14H,15-16H2,1-2H3,(H,32,35)/b33-23+. The second kappa shape index (κ2) is 10.0. The molecule has 0 radical (unpaired) electrons. The molecule has 0 bridgehead atoms. The first-order valence-corrected chi connectivity index (χ1v) is 11.9. The fourth-order valence-electron chi connectivity index (χ4n) is 4.40. The lowest BCUT2D eigenvalue weighted by atomic mass is 9.75. The average molecular weight is 516 g/mol. The second-order valence-electron chi connectivity index (χ2n) is 9.82. The SMILES string of the molecule is CC1(C)C/C(=N\OC(=O)c2cccc(NC(=O)c3cccc(F)c3)c2)c2c(-c3cccc(F)c3)noc2C1. The van der Waals surface area contributed by atoms with Crippen LogP contribution in [0, 0.1) is 17.0 Å². The van der Waals surface area contributed by atoms with Gasteiger partial charge in [-0.05, 0) is 60.4 Å². The van der Waals surface area contributed by atoms with E-state index < -0.39 is 23.5 Å². The number of rotatable bonds is 5. The Bertz CT molecular complexity index is 1580. The maximum atomic E-state index is 13.9. The number of oxime groups is 1. The fourth-order valence-corrected chi connectivity index (χ4v) is 4.40. The minimum atomic E-state index is -0.743. The van der Waals surface area contributed by atoms with Gasteiger partial charge >= 0.3 is 5.97 Å². The Morgan fingerprint density at radius 3 is 2.42 bits per heavy atom. The molecule has 192 valence electrons. The largest absolute Gasteiger partial charge is 0.365 e. The van der Waals surface area contributed by atoms with Crippen LogP contribution in [0.25, 0.3) is 11.3 Å². The molecule has 1 amide bonds. The molecule has 38 heavy (non-hydrogen) atoms. The number of hydrogen-bond donors (Lipinski definition) is 1. The number of carbonyl (C=O) groups excluding carboxylic acids is 2. The molecule has 4 aromatic rings. The van der Waals surface area contributed by atoms with E-state index in [-0.39, 0.29) is 16.5 Å². The Morgan fingerprint density at radius 2 is 1.66 bits per heavy atom. The lowest BCUT2D eigenvalue weighted by Gasteiger charge is -2.28. The van der Waals surface area contributed by atoms with Crippen LogP contribution in [0.1, 0.15) is 52.3 Å². The summed E-state index contributed by atoms with van der Waals surface area (Å²) in [6, 6.07) is 17.4. The third-order valence-corrected chi connectivity index (χ3v) is 6.12. The summed E-state index contributed by atoms with van der Waals surface area (Å²) in [6.45, 7) is 4.06. The van der Waals surface area contributed by atoms with Gasteiger partial charge in [0, 0.05) is 23.2 Å². The van der Waals surface area contributed by atoms with Crippen molar-refractivity contribution in [3.63, 3.8) is 0 Å². The minimum Gasteiger partial charge on any atom is -0.360 e. The molecule has 1 aromatic heterocycles. The van der Waals surface area contributed by atoms with Crippen molar-refractivity contribution in [1.82, 2.24) is 5.16 Å². The fraction of sp³-hybridized carbons (Fsp3) is 0.172. The van der Waals surface area contributed by atoms with Crippen LogP contribution in [0.15, 0.2) is 82.5 Å². The van der Waals surface area contributed by atoms with E-state index in [9.17, 15) is 18.4 Å². The van der Waals surface area contributed by atoms with Crippen molar-refractivity contribution in [2.45, 2.75) is 26.7 Å². The van der Waals surface area contributed by atoms with Crippen LogP contribution in [0.4, 0.5) is 14.5 Å². The van der Waals surface area contributed by atoms with E-state index in [0.717, 1.165) is 6.07 Å². The second-order valence-corrected chi connectivity index (χ2v) is 9.82. The first kappa shape index (κ1) is 25.0. The number of carbonyl (C=O) groups is 2. The lowest BCUT2D eigenvalue weighted by Crippen LogP contribution is -2.27. The monoisotopic (exact) mass is 515 g/mol. The Balaban J connectivity index is 1.38. The number of nitrogens with one attached hydrogen (secondary N) is 1. The third kappa shape index (κ3) is 5.36. The van der Waals surface area contributed by atoms with Crippen LogP contribution in [-0.2, 0) is 11.3 Å². The highest BCUT2D eigenvalue weighted by molar-refractivity contribution is 6.07. The zero-order valence-electron chi connectivity index (χ0n) is 20.6. The van der Waals surface area contributed by atoms with E-state index in [1.165, 1.54) is 42.5 Å². The summed E-state index contributed by atoms with van der Waals surface area (Å²) in [4.78, 5) is 30.6. The van der Waals surface area contributed by atoms with Crippen LogP contribution in [0.2, 0.25) is 0 Å². The molecule has 0 saturated carbocycles. The molecular formula is C29H23F2N3O4. The van der Waals surface area contributed by atoms with Crippen molar-refractivity contribution >= 4 is 23.3 Å². The first-order valence-electron chi connectivity index (χ1n) is 11.9. The zero-order valence-corrected chi connectivity index (χ0v) is 20.6.